The molecule has 0 saturated carbocycles. The van der Waals surface area contributed by atoms with E-state index in [1.807, 2.05) is 29.6 Å². The first-order valence-corrected chi connectivity index (χ1v) is 12.5. The van der Waals surface area contributed by atoms with E-state index in [-0.39, 0.29) is 17.6 Å². The van der Waals surface area contributed by atoms with Gasteiger partial charge in [-0.3, -0.25) is 0 Å². The fourth-order valence-electron chi connectivity index (χ4n) is 3.74. The first-order chi connectivity index (χ1) is 16.0. The zero-order chi connectivity index (χ0) is 23.4. The highest BCUT2D eigenvalue weighted by molar-refractivity contribution is 7.98. The van der Waals surface area contributed by atoms with Gasteiger partial charge in [0.1, 0.15) is 21.9 Å². The number of nitrogens with zero attached hydrogens (tertiary/aromatic N) is 5. The molecule has 1 fully saturated rings. The summed E-state index contributed by atoms with van der Waals surface area (Å²) < 4.78 is 5.46. The third-order valence-corrected chi connectivity index (χ3v) is 7.66. The van der Waals surface area contributed by atoms with Crippen molar-refractivity contribution < 1.29 is 4.74 Å². The van der Waals surface area contributed by atoms with Gasteiger partial charge in [0, 0.05) is 41.9 Å². The predicted molar refractivity (Wildman–Crippen MR) is 134 cm³/mol. The maximum atomic E-state index is 9.99. The summed E-state index contributed by atoms with van der Waals surface area (Å²) in [5.41, 5.74) is 9.26. The van der Waals surface area contributed by atoms with Gasteiger partial charge in [-0.15, -0.1) is 11.3 Å². The number of thioether (sulfide) groups is 1. The van der Waals surface area contributed by atoms with Crippen LogP contribution in [0.5, 0.6) is 0 Å². The minimum atomic E-state index is 0.149. The van der Waals surface area contributed by atoms with Crippen molar-refractivity contribution in [3.8, 4) is 16.6 Å². The van der Waals surface area contributed by atoms with Crippen LogP contribution in [0.3, 0.4) is 0 Å². The number of rotatable bonds is 6. The molecule has 0 radical (unpaired) electrons. The first kappa shape index (κ1) is 23.3. The molecule has 0 spiro atoms. The molecule has 3 aromatic rings. The number of nitrogen functional groups attached to an aromatic ring is 1. The van der Waals surface area contributed by atoms with E-state index in [1.165, 1.54) is 11.8 Å². The Labute approximate surface area is 206 Å². The Bertz CT molecular complexity index is 1220. The van der Waals surface area contributed by atoms with Crippen molar-refractivity contribution in [2.75, 3.05) is 30.8 Å². The Kier molecular flexibility index (Phi) is 7.36. The van der Waals surface area contributed by atoms with E-state index in [9.17, 15) is 5.26 Å². The minimum Gasteiger partial charge on any atom is -0.392 e. The van der Waals surface area contributed by atoms with Gasteiger partial charge in [-0.05, 0) is 25.0 Å². The summed E-state index contributed by atoms with van der Waals surface area (Å²) in [6.45, 7) is 9.01. The summed E-state index contributed by atoms with van der Waals surface area (Å²) >= 11 is 8.94. The number of anilines is 2. The maximum absolute atomic E-state index is 9.99. The number of nitriles is 1. The molecule has 1 saturated heterocycles. The summed E-state index contributed by atoms with van der Waals surface area (Å²) in [7, 11) is 1.71. The van der Waals surface area contributed by atoms with Crippen LogP contribution in [0.2, 0.25) is 5.02 Å². The first-order valence-electron chi connectivity index (χ1n) is 10.3. The van der Waals surface area contributed by atoms with E-state index >= 15 is 0 Å². The smallest absolute Gasteiger partial charge is 0.251 e. The van der Waals surface area contributed by atoms with Gasteiger partial charge < -0.3 is 15.4 Å². The van der Waals surface area contributed by atoms with Gasteiger partial charge >= 0.3 is 0 Å². The number of halogens is 1. The molecule has 1 aliphatic heterocycles. The summed E-state index contributed by atoms with van der Waals surface area (Å²) in [6.07, 6.45) is 1.85. The van der Waals surface area contributed by atoms with E-state index in [0.717, 1.165) is 29.1 Å². The molecule has 1 aliphatic rings. The number of ether oxygens (including phenoxy) is 1. The number of methoxy groups -OCH3 is 1. The molecule has 0 atom stereocenters. The zero-order valence-electron chi connectivity index (χ0n) is 17.9. The van der Waals surface area contributed by atoms with Crippen LogP contribution in [-0.4, -0.2) is 36.3 Å². The molecule has 2 aromatic heterocycles. The van der Waals surface area contributed by atoms with E-state index < -0.39 is 0 Å². The van der Waals surface area contributed by atoms with Crippen LogP contribution in [0.4, 0.5) is 17.2 Å². The number of hydrogen-bond acceptors (Lipinski definition) is 8. The lowest BCUT2D eigenvalue weighted by Gasteiger charge is -2.34. The molecule has 7 nitrogen and oxygen atoms in total. The molecular formula is C23H21ClN6OS2. The predicted octanol–water partition coefficient (Wildman–Crippen LogP) is 5.77. The third kappa shape index (κ3) is 5.07. The molecule has 33 heavy (non-hydrogen) atoms. The van der Waals surface area contributed by atoms with Gasteiger partial charge in [-0.2, -0.15) is 5.26 Å². The summed E-state index contributed by atoms with van der Waals surface area (Å²) in [5.74, 6) is 0.684. The van der Waals surface area contributed by atoms with Crippen molar-refractivity contribution in [1.29, 1.82) is 5.26 Å². The van der Waals surface area contributed by atoms with Crippen LogP contribution in [-0.2, 0) is 10.5 Å². The Balaban J connectivity index is 1.58. The highest BCUT2D eigenvalue weighted by Crippen LogP contribution is 2.42. The van der Waals surface area contributed by atoms with Gasteiger partial charge in [0.15, 0.2) is 0 Å². The molecule has 3 heterocycles. The number of benzene rings is 1. The van der Waals surface area contributed by atoms with Crippen molar-refractivity contribution in [2.45, 2.75) is 29.7 Å². The second kappa shape index (κ2) is 10.4. The number of thiazole rings is 1. The summed E-state index contributed by atoms with van der Waals surface area (Å²) in [6, 6.07) is 9.84. The van der Waals surface area contributed by atoms with Gasteiger partial charge in [-0.25, -0.2) is 14.8 Å². The number of aromatic nitrogens is 2. The fraction of sp³-hybridized carbons (Fsp3) is 0.304. The molecule has 4 rings (SSSR count). The molecular weight excluding hydrogens is 476 g/mol. The van der Waals surface area contributed by atoms with Gasteiger partial charge in [0.25, 0.3) is 5.69 Å². The van der Waals surface area contributed by atoms with Crippen molar-refractivity contribution in [1.82, 2.24) is 9.97 Å². The second-order valence-electron chi connectivity index (χ2n) is 7.46. The van der Waals surface area contributed by atoms with Crippen molar-refractivity contribution in [2.24, 2.45) is 0 Å². The maximum Gasteiger partial charge on any atom is 0.251 e. The molecule has 168 valence electrons. The highest BCUT2D eigenvalue weighted by Gasteiger charge is 2.27. The molecule has 2 N–H and O–H groups in total. The SMILES string of the molecule is [C-]#[N+]c1c(N)nc(SCc2csc(-c3ccc(Cl)cc3)n2)c(C#N)c1N1CCC(OC)CC1. The lowest BCUT2D eigenvalue weighted by Crippen LogP contribution is -2.37. The van der Waals surface area contributed by atoms with Crippen LogP contribution in [0.25, 0.3) is 15.4 Å². The third-order valence-electron chi connectivity index (χ3n) is 5.45. The van der Waals surface area contributed by atoms with E-state index in [2.05, 4.69) is 20.8 Å². The van der Waals surface area contributed by atoms with Crippen LogP contribution in [0, 0.1) is 17.9 Å². The Morgan fingerprint density at radius 2 is 2.06 bits per heavy atom. The molecule has 0 amide bonds. The van der Waals surface area contributed by atoms with Crippen LogP contribution >= 0.6 is 34.7 Å². The van der Waals surface area contributed by atoms with Crippen molar-refractivity contribution in [3.05, 3.63) is 57.3 Å². The summed E-state index contributed by atoms with van der Waals surface area (Å²) in [5, 5.41) is 14.1. The molecule has 10 heteroatoms. The molecule has 1 aromatic carbocycles. The Morgan fingerprint density at radius 1 is 1.33 bits per heavy atom. The number of pyridine rings is 1. The lowest BCUT2D eigenvalue weighted by atomic mass is 10.1. The molecule has 0 aliphatic carbocycles. The Hall–Kier alpha value is -2.82. The average molecular weight is 497 g/mol. The van der Waals surface area contributed by atoms with E-state index in [4.69, 9.17) is 33.6 Å². The van der Waals surface area contributed by atoms with E-state index in [1.54, 1.807) is 18.4 Å². The van der Waals surface area contributed by atoms with Gasteiger partial charge in [0.2, 0.25) is 0 Å². The van der Waals surface area contributed by atoms with E-state index in [0.29, 0.717) is 40.1 Å². The Morgan fingerprint density at radius 3 is 2.70 bits per heavy atom. The normalized spacial score (nSPS) is 14.1. The number of piperidine rings is 1. The van der Waals surface area contributed by atoms with Crippen molar-refractivity contribution >= 4 is 51.9 Å². The van der Waals surface area contributed by atoms with Crippen LogP contribution in [0.15, 0.2) is 34.7 Å². The minimum absolute atomic E-state index is 0.149. The average Bonchev–Trinajstić information content (AvgIpc) is 3.32. The largest absolute Gasteiger partial charge is 0.392 e. The lowest BCUT2D eigenvalue weighted by molar-refractivity contribution is 0.0819. The highest BCUT2D eigenvalue weighted by atomic mass is 35.5. The van der Waals surface area contributed by atoms with Crippen molar-refractivity contribution in [3.63, 3.8) is 0 Å². The number of nitrogens with two attached hydrogens (primary N) is 1. The fourth-order valence-corrected chi connectivity index (χ4v) is 5.68. The number of hydrogen-bond donors (Lipinski definition) is 1. The topological polar surface area (TPSA) is 92.4 Å². The molecule has 0 bridgehead atoms. The zero-order valence-corrected chi connectivity index (χ0v) is 20.3. The van der Waals surface area contributed by atoms with Crippen LogP contribution in [0.1, 0.15) is 24.1 Å². The van der Waals surface area contributed by atoms with Crippen LogP contribution < -0.4 is 10.6 Å². The monoisotopic (exact) mass is 496 g/mol. The standard InChI is InChI=1S/C23H21ClN6OS2/c1-27-19-20(30-9-7-17(31-2)8-10-30)18(11-25)23(29-21(19)26)33-13-16-12-32-22(28-16)14-3-5-15(24)6-4-14/h3-6,12,17H,7-10,13H2,2H3,(H2,26,29). The quantitative estimate of drug-likeness (QED) is 0.342. The molecule has 0 unspecified atom stereocenters. The van der Waals surface area contributed by atoms with Gasteiger partial charge in [0.05, 0.1) is 29.6 Å². The summed E-state index contributed by atoms with van der Waals surface area (Å²) in [4.78, 5) is 14.8. The second-order valence-corrected chi connectivity index (χ2v) is 9.72. The van der Waals surface area contributed by atoms with Gasteiger partial charge in [-0.1, -0.05) is 35.5 Å².